The van der Waals surface area contributed by atoms with E-state index in [4.69, 9.17) is 4.11 Å². The van der Waals surface area contributed by atoms with Crippen molar-refractivity contribution >= 4 is 21.4 Å². The van der Waals surface area contributed by atoms with E-state index in [1.165, 1.54) is 43.4 Å². The third-order valence-corrected chi connectivity index (χ3v) is 8.28. The fourth-order valence-electron chi connectivity index (χ4n) is 4.86. The van der Waals surface area contributed by atoms with Crippen LogP contribution in [0.25, 0.3) is 54.2 Å². The molecule has 0 unspecified atom stereocenters. The van der Waals surface area contributed by atoms with Crippen molar-refractivity contribution < 1.29 is 24.2 Å². The molecule has 7 rings (SSSR count). The van der Waals surface area contributed by atoms with Crippen LogP contribution < -0.4 is 0 Å². The smallest absolute Gasteiger partial charge is 0.0280 e. The van der Waals surface area contributed by atoms with Crippen molar-refractivity contribution in [2.24, 2.45) is 0 Å². The summed E-state index contributed by atoms with van der Waals surface area (Å²) in [5.74, 6) is 0.468. The van der Waals surface area contributed by atoms with Crippen LogP contribution in [0.3, 0.4) is 0 Å². The first-order chi connectivity index (χ1) is 22.3. The maximum absolute atomic E-state index is 7.23. The molecule has 4 aromatic carbocycles. The fourth-order valence-corrected chi connectivity index (χ4v) is 5.95. The van der Waals surface area contributed by atoms with E-state index in [1.807, 2.05) is 24.4 Å². The maximum Gasteiger partial charge on any atom is 0.0280 e. The van der Waals surface area contributed by atoms with Crippen molar-refractivity contribution in [2.75, 3.05) is 0 Å². The quantitative estimate of drug-likeness (QED) is 0.163. The number of nitrogens with zero attached hydrogens (tertiary/aromatic N) is 2. The number of aromatic nitrogens is 2. The predicted octanol–water partition coefficient (Wildman–Crippen LogP) is 11.1. The molecule has 44 heavy (non-hydrogen) atoms. The van der Waals surface area contributed by atoms with Gasteiger partial charge in [-0.25, -0.2) is 0 Å². The first-order valence-corrected chi connectivity index (χ1v) is 15.1. The average molecular weight is 768 g/mol. The molecule has 0 fully saturated rings. The molecule has 0 N–H and O–H groups in total. The number of hydrogen-bond acceptors (Lipinski definition) is 3. The predicted molar refractivity (Wildman–Crippen MR) is 182 cm³/mol. The second kappa shape index (κ2) is 14.5. The van der Waals surface area contributed by atoms with Gasteiger partial charge in [-0.2, -0.15) is 11.3 Å². The Morgan fingerprint density at radius 3 is 2.14 bits per heavy atom. The molecule has 0 aliphatic carbocycles. The van der Waals surface area contributed by atoms with Gasteiger partial charge in [-0.1, -0.05) is 115 Å². The summed E-state index contributed by atoms with van der Waals surface area (Å²) in [6.45, 7) is 2.34. The van der Waals surface area contributed by atoms with Gasteiger partial charge < -0.3 is 9.97 Å². The zero-order valence-electron chi connectivity index (χ0n) is 27.4. The third kappa shape index (κ3) is 7.29. The average Bonchev–Trinajstić information content (AvgIpc) is 3.54. The van der Waals surface area contributed by atoms with Gasteiger partial charge in [0.1, 0.15) is 0 Å². The standard InChI is InChI=1S/C28H22NS.C12H10N.Ir/c1-19(2)22-13-14-29-26(16-22)23-15-24(20-9-5-3-6-10-20)25-18-27(30-28(25)17-23)21-11-7-4-8-12-21;1-10-7-8-12(13-9-10)11-5-3-2-4-6-11;/h3-16,18-19H,1-2H3;2-5,7-9H,1H3;/q2*-1;/i;1D3;. The van der Waals surface area contributed by atoms with E-state index in [0.29, 0.717) is 5.92 Å². The van der Waals surface area contributed by atoms with Gasteiger partial charge in [0.2, 0.25) is 0 Å². The van der Waals surface area contributed by atoms with E-state index in [2.05, 4.69) is 121 Å². The molecule has 0 spiro atoms. The maximum atomic E-state index is 7.23. The molecule has 4 heteroatoms. The Labute approximate surface area is 282 Å². The molecule has 2 nitrogen and oxygen atoms in total. The van der Waals surface area contributed by atoms with E-state index in [9.17, 15) is 0 Å². The number of fused-ring (bicyclic) bond motifs is 1. The molecule has 0 aliphatic heterocycles. The minimum Gasteiger partial charge on any atom is -0.305 e. The molecule has 219 valence electrons. The van der Waals surface area contributed by atoms with Crippen LogP contribution in [-0.2, 0) is 20.1 Å². The number of thiophene rings is 1. The minimum atomic E-state index is -2.09. The number of pyridine rings is 2. The van der Waals surface area contributed by atoms with Crippen LogP contribution in [-0.4, -0.2) is 9.97 Å². The second-order valence-corrected chi connectivity index (χ2v) is 11.6. The molecule has 3 heterocycles. The summed E-state index contributed by atoms with van der Waals surface area (Å²) in [5, 5.41) is 1.24. The van der Waals surface area contributed by atoms with Crippen LogP contribution in [0.1, 0.15) is 35.0 Å². The molecule has 0 saturated carbocycles. The Balaban J connectivity index is 0.000000217. The molecule has 7 aromatic rings. The van der Waals surface area contributed by atoms with E-state index in [0.717, 1.165) is 22.5 Å². The van der Waals surface area contributed by atoms with Crippen molar-refractivity contribution in [1.29, 1.82) is 0 Å². The van der Waals surface area contributed by atoms with E-state index in [-0.39, 0.29) is 25.7 Å². The van der Waals surface area contributed by atoms with Gasteiger partial charge in [0.25, 0.3) is 0 Å². The fraction of sp³-hybridized carbons (Fsp3) is 0.100. The van der Waals surface area contributed by atoms with Crippen LogP contribution >= 0.6 is 11.3 Å². The van der Waals surface area contributed by atoms with Gasteiger partial charge in [-0.15, -0.1) is 53.6 Å². The van der Waals surface area contributed by atoms with Gasteiger partial charge in [0, 0.05) is 41.5 Å². The minimum absolute atomic E-state index is 0. The summed E-state index contributed by atoms with van der Waals surface area (Å²) in [4.78, 5) is 10.1. The van der Waals surface area contributed by atoms with E-state index in [1.54, 1.807) is 29.5 Å². The molecular formula is C40H32IrN2S-2. The Bertz CT molecular complexity index is 2040. The zero-order valence-corrected chi connectivity index (χ0v) is 27.6. The van der Waals surface area contributed by atoms with E-state index < -0.39 is 6.85 Å². The summed E-state index contributed by atoms with van der Waals surface area (Å²) >= 11 is 1.80. The largest absolute Gasteiger partial charge is 0.305 e. The van der Waals surface area contributed by atoms with Crippen LogP contribution in [0.2, 0.25) is 0 Å². The summed E-state index contributed by atoms with van der Waals surface area (Å²) < 4.78 is 22.9. The zero-order chi connectivity index (χ0) is 32.1. The molecule has 0 atom stereocenters. The Kier molecular flexibility index (Phi) is 9.02. The van der Waals surface area contributed by atoms with Gasteiger partial charge >= 0.3 is 0 Å². The number of benzene rings is 4. The number of rotatable bonds is 5. The van der Waals surface area contributed by atoms with Crippen LogP contribution in [0, 0.1) is 19.0 Å². The van der Waals surface area contributed by atoms with Gasteiger partial charge in [0.05, 0.1) is 0 Å². The molecular weight excluding hydrogens is 733 g/mol. The summed E-state index contributed by atoms with van der Waals surface area (Å²) in [7, 11) is 0. The molecule has 0 bridgehead atoms. The Morgan fingerprint density at radius 2 is 1.48 bits per heavy atom. The van der Waals surface area contributed by atoms with Crippen LogP contribution in [0.15, 0.2) is 134 Å². The molecule has 0 aliphatic rings. The Morgan fingerprint density at radius 1 is 0.727 bits per heavy atom. The second-order valence-electron chi connectivity index (χ2n) is 10.5. The van der Waals surface area contributed by atoms with Crippen molar-refractivity contribution in [3.8, 4) is 44.1 Å². The van der Waals surface area contributed by atoms with Crippen molar-refractivity contribution in [2.45, 2.75) is 26.6 Å². The first kappa shape index (κ1) is 27.3. The van der Waals surface area contributed by atoms with Crippen LogP contribution in [0.5, 0.6) is 0 Å². The van der Waals surface area contributed by atoms with E-state index >= 15 is 0 Å². The van der Waals surface area contributed by atoms with Crippen LogP contribution in [0.4, 0.5) is 0 Å². The summed E-state index contributed by atoms with van der Waals surface area (Å²) in [6.07, 6.45) is 3.30. The van der Waals surface area contributed by atoms with Gasteiger partial charge in [-0.05, 0) is 51.6 Å². The monoisotopic (exact) mass is 768 g/mol. The Hall–Kier alpha value is -4.21. The van der Waals surface area contributed by atoms with Crippen molar-refractivity contribution in [3.05, 3.63) is 157 Å². The SMILES string of the molecule is CC(C)c1ccnc(-c2[c-]c3sc(-c4ccccc4)cc3c(-c3ccccc3)c2)c1.[2H]C([2H])([2H])c1ccc(-c2[c-]cccc2)nc1.[Ir]. The molecule has 3 aromatic heterocycles. The van der Waals surface area contributed by atoms with Gasteiger partial charge in [0.15, 0.2) is 0 Å². The number of hydrogen-bond donors (Lipinski definition) is 0. The summed E-state index contributed by atoms with van der Waals surface area (Å²) in [6, 6.07) is 47.5. The molecule has 0 saturated heterocycles. The van der Waals surface area contributed by atoms with Crippen molar-refractivity contribution in [3.63, 3.8) is 0 Å². The van der Waals surface area contributed by atoms with Crippen molar-refractivity contribution in [1.82, 2.24) is 9.97 Å². The molecule has 0 amide bonds. The normalized spacial score (nSPS) is 11.9. The first-order valence-electron chi connectivity index (χ1n) is 15.8. The molecule has 1 radical (unpaired) electrons. The third-order valence-electron chi connectivity index (χ3n) is 7.18. The number of aryl methyl sites for hydroxylation is 1. The topological polar surface area (TPSA) is 25.8 Å². The summed E-state index contributed by atoms with van der Waals surface area (Å²) in [5.41, 5.74) is 8.86. The van der Waals surface area contributed by atoms with Gasteiger partial charge in [-0.3, -0.25) is 0 Å².